The first-order chi connectivity index (χ1) is 17.0. The van der Waals surface area contributed by atoms with E-state index in [1.165, 1.54) is 23.2 Å². The van der Waals surface area contributed by atoms with Crippen molar-refractivity contribution in [1.82, 2.24) is 34.5 Å². The summed E-state index contributed by atoms with van der Waals surface area (Å²) in [4.78, 5) is 47.3. The third-order valence-electron chi connectivity index (χ3n) is 4.59. The molecule has 3 radical (unpaired) electrons. The molecule has 5 aromatic rings. The van der Waals surface area contributed by atoms with Crippen molar-refractivity contribution >= 4 is 79.0 Å². The van der Waals surface area contributed by atoms with Crippen LogP contribution in [0.1, 0.15) is 11.4 Å². The van der Waals surface area contributed by atoms with Crippen LogP contribution in [0.5, 0.6) is 11.6 Å². The van der Waals surface area contributed by atoms with Crippen LogP contribution in [0, 0.1) is 6.92 Å². The number of imidazole rings is 1. The van der Waals surface area contributed by atoms with Gasteiger partial charge in [0.15, 0.2) is 14.7 Å². The van der Waals surface area contributed by atoms with E-state index < -0.39 is 3.42 Å². The van der Waals surface area contributed by atoms with Crippen LogP contribution >= 0.6 is 46.4 Å². The zero-order chi connectivity index (χ0) is 26.0. The Bertz CT molecular complexity index is 1670. The Balaban J connectivity index is 0.000000556. The van der Waals surface area contributed by atoms with E-state index in [-0.39, 0.29) is 29.2 Å². The molecule has 0 amide bonds. The van der Waals surface area contributed by atoms with Crippen LogP contribution < -0.4 is 15.9 Å². The Kier molecular flexibility index (Phi) is 7.67. The maximum absolute atomic E-state index is 12.9. The van der Waals surface area contributed by atoms with Gasteiger partial charge in [0.1, 0.15) is 23.5 Å². The van der Waals surface area contributed by atoms with Crippen LogP contribution in [0.25, 0.3) is 22.3 Å². The van der Waals surface area contributed by atoms with Gasteiger partial charge < -0.3 is 14.7 Å². The van der Waals surface area contributed by atoms with Crippen molar-refractivity contribution < 1.29 is 4.74 Å². The number of nitrogens with one attached hydrogen (secondary N) is 2. The van der Waals surface area contributed by atoms with E-state index in [0.29, 0.717) is 38.8 Å². The highest BCUT2D eigenvalue weighted by atomic mass is 35.6. The third-order valence-corrected chi connectivity index (χ3v) is 4.83. The second-order valence-electron chi connectivity index (χ2n) is 7.34. The summed E-state index contributed by atoms with van der Waals surface area (Å²) >= 11 is 20.9. The Hall–Kier alpha value is -2.96. The molecule has 0 unspecified atom stereocenters. The van der Waals surface area contributed by atoms with Crippen molar-refractivity contribution in [2.24, 2.45) is 0 Å². The van der Waals surface area contributed by atoms with Gasteiger partial charge in [-0.25, -0.2) is 15.0 Å². The van der Waals surface area contributed by atoms with E-state index >= 15 is 0 Å². The summed E-state index contributed by atoms with van der Waals surface area (Å²) in [7, 11) is 2.72. The summed E-state index contributed by atoms with van der Waals surface area (Å²) in [6.45, 7) is 1.82. The van der Waals surface area contributed by atoms with Crippen molar-refractivity contribution in [3.8, 4) is 11.6 Å². The van der Waals surface area contributed by atoms with Gasteiger partial charge in [0.25, 0.3) is 5.56 Å². The molecule has 1 aromatic carbocycles. The second kappa shape index (κ2) is 10.6. The van der Waals surface area contributed by atoms with Gasteiger partial charge in [0.05, 0.1) is 28.4 Å². The van der Waals surface area contributed by atoms with E-state index in [1.54, 1.807) is 31.2 Å². The van der Waals surface area contributed by atoms with E-state index in [1.807, 2.05) is 0 Å². The summed E-state index contributed by atoms with van der Waals surface area (Å²) in [6, 6.07) is 8.30. The van der Waals surface area contributed by atoms with Crippen molar-refractivity contribution in [2.45, 2.75) is 16.9 Å². The number of hydrogen-bond donors (Lipinski definition) is 2. The van der Waals surface area contributed by atoms with Crippen molar-refractivity contribution in [2.75, 3.05) is 0 Å². The van der Waals surface area contributed by atoms with Crippen molar-refractivity contribution in [1.29, 1.82) is 0 Å². The number of alkyl halides is 3. The minimum absolute atomic E-state index is 0.128. The zero-order valence-corrected chi connectivity index (χ0v) is 22.2. The topological polar surface area (TPSA) is 131 Å². The van der Waals surface area contributed by atoms with Crippen LogP contribution in [-0.2, 0) is 6.54 Å². The molecule has 4 aromatic heterocycles. The van der Waals surface area contributed by atoms with Gasteiger partial charge in [-0.3, -0.25) is 14.2 Å². The van der Waals surface area contributed by atoms with Gasteiger partial charge in [-0.15, -0.1) is 0 Å². The first-order valence-electron chi connectivity index (χ1n) is 10.0. The summed E-state index contributed by atoms with van der Waals surface area (Å²) < 4.78 is 5.80. The Morgan fingerprint density at radius 3 is 2.56 bits per heavy atom. The maximum atomic E-state index is 12.9. The molecule has 2 N–H and O–H groups in total. The van der Waals surface area contributed by atoms with Gasteiger partial charge in [-0.05, 0) is 30.7 Å². The van der Waals surface area contributed by atoms with Crippen molar-refractivity contribution in [3.63, 3.8) is 0 Å². The highest BCUT2D eigenvalue weighted by Gasteiger charge is 2.12. The summed E-state index contributed by atoms with van der Waals surface area (Å²) in [5, 5.41) is 0.899. The van der Waals surface area contributed by atoms with Gasteiger partial charge >= 0.3 is 0 Å². The maximum Gasteiger partial charge on any atom is 0.263 e. The lowest BCUT2D eigenvalue weighted by Crippen LogP contribution is -2.24. The standard InChI is InChI=1S/C20H14ClN7O3.CCl3Si/c1-10-5-14(29)26-17-16(10)20(30)28(9-23-17)8-13-24-18-19(25-13)27-15(7-22-18)31-12-4-2-3-11(21)6-12;2-1(3,4)5/h2-7,9H,8H2,1H3,(H,26,29)(H,22,24,25,27);. The molecule has 0 saturated heterocycles. The third kappa shape index (κ3) is 6.62. The number of rotatable bonds is 4. The minimum atomic E-state index is -1.28. The normalized spacial score (nSPS) is 11.4. The molecule has 0 aliphatic carbocycles. The highest BCUT2D eigenvalue weighted by Crippen LogP contribution is 2.23. The number of aromatic nitrogens is 7. The molecule has 10 nitrogen and oxygen atoms in total. The SMILES string of the molecule is Cc1cc(=O)[nH]c2ncn(Cc3nc4ncc(Oc5cccc(Cl)c5)nc4[nH]3)c(=O)c12.[Si]C(Cl)(Cl)Cl. The lowest BCUT2D eigenvalue weighted by molar-refractivity contribution is 0.462. The number of nitrogens with zero attached hydrogens (tertiary/aromatic N) is 5. The Labute approximate surface area is 226 Å². The number of H-pyrrole nitrogens is 2. The average molecular weight is 582 g/mol. The van der Waals surface area contributed by atoms with Crippen LogP contribution in [0.4, 0.5) is 0 Å². The number of benzene rings is 1. The number of fused-ring (bicyclic) bond motifs is 2. The number of aromatic amines is 2. The van der Waals surface area contributed by atoms with E-state index in [9.17, 15) is 9.59 Å². The number of ether oxygens (including phenoxy) is 1. The quantitative estimate of drug-likeness (QED) is 0.242. The molecule has 0 atom stereocenters. The summed E-state index contributed by atoms with van der Waals surface area (Å²) in [6.07, 6.45) is 2.82. The van der Waals surface area contributed by atoms with Crippen LogP contribution in [0.3, 0.4) is 0 Å². The van der Waals surface area contributed by atoms with Gasteiger partial charge in [0.2, 0.25) is 11.4 Å². The van der Waals surface area contributed by atoms with Gasteiger partial charge in [0, 0.05) is 11.1 Å². The molecule has 0 aliphatic heterocycles. The smallest absolute Gasteiger partial charge is 0.263 e. The molecule has 0 fully saturated rings. The fraction of sp³-hybridized carbons (Fsp3) is 0.143. The zero-order valence-electron chi connectivity index (χ0n) is 18.2. The summed E-state index contributed by atoms with van der Waals surface area (Å²) in [5.41, 5.74) is 1.01. The molecule has 0 bridgehead atoms. The number of aryl methyl sites for hydroxylation is 1. The fourth-order valence-electron chi connectivity index (χ4n) is 3.24. The lowest BCUT2D eigenvalue weighted by Gasteiger charge is -2.06. The molecule has 5 rings (SSSR count). The van der Waals surface area contributed by atoms with Crippen molar-refractivity contribution in [3.05, 3.63) is 80.0 Å². The monoisotopic (exact) mass is 580 g/mol. The molecule has 0 spiro atoms. The number of halogens is 4. The fourth-order valence-corrected chi connectivity index (χ4v) is 3.42. The molecule has 36 heavy (non-hydrogen) atoms. The molecule has 15 heteroatoms. The number of pyridine rings is 1. The van der Waals surface area contributed by atoms with Crippen LogP contribution in [-0.4, -0.2) is 48.1 Å². The largest absolute Gasteiger partial charge is 0.437 e. The van der Waals surface area contributed by atoms with E-state index in [0.717, 1.165) is 0 Å². The Morgan fingerprint density at radius 2 is 1.83 bits per heavy atom. The van der Waals surface area contributed by atoms with Gasteiger partial charge in [-0.2, -0.15) is 4.98 Å². The number of hydrogen-bond acceptors (Lipinski definition) is 7. The molecular formula is C21H14Cl4N7O3Si. The molecule has 0 saturated carbocycles. The molecule has 4 heterocycles. The second-order valence-corrected chi connectivity index (χ2v) is 11.8. The van der Waals surface area contributed by atoms with Crippen LogP contribution in [0.2, 0.25) is 5.02 Å². The van der Waals surface area contributed by atoms with Crippen LogP contribution in [0.15, 0.2) is 52.4 Å². The van der Waals surface area contributed by atoms with E-state index in [2.05, 4.69) is 40.1 Å². The predicted molar refractivity (Wildman–Crippen MR) is 140 cm³/mol. The average Bonchev–Trinajstić information content (AvgIpc) is 3.16. The first-order valence-corrected chi connectivity index (χ1v) is 12.0. The molecule has 0 aliphatic rings. The molecular weight excluding hydrogens is 568 g/mol. The summed E-state index contributed by atoms with van der Waals surface area (Å²) in [5.74, 6) is 1.28. The first kappa shape index (κ1) is 26.1. The lowest BCUT2D eigenvalue weighted by atomic mass is 10.2. The Morgan fingerprint density at radius 1 is 1.08 bits per heavy atom. The minimum Gasteiger partial charge on any atom is -0.437 e. The van der Waals surface area contributed by atoms with E-state index in [4.69, 9.17) is 51.1 Å². The van der Waals surface area contributed by atoms with Gasteiger partial charge in [-0.1, -0.05) is 52.5 Å². The predicted octanol–water partition coefficient (Wildman–Crippen LogP) is 4.04. The highest BCUT2D eigenvalue weighted by molar-refractivity contribution is 6.81. The molecule has 183 valence electrons.